The molecular weight excluding hydrogens is 346 g/mol. The molecular formula is C19H19N5OS. The lowest BCUT2D eigenvalue weighted by atomic mass is 9.99. The van der Waals surface area contributed by atoms with Gasteiger partial charge in [0.05, 0.1) is 12.1 Å². The minimum atomic E-state index is 0.0858. The molecule has 1 N–H and O–H groups in total. The van der Waals surface area contributed by atoms with Gasteiger partial charge in [0.15, 0.2) is 5.13 Å². The third-order valence-corrected chi connectivity index (χ3v) is 5.13. The first-order valence-corrected chi connectivity index (χ1v) is 9.45. The number of hydrogen-bond acceptors (Lipinski definition) is 6. The zero-order valence-electron chi connectivity index (χ0n) is 14.5. The molecule has 7 heteroatoms. The van der Waals surface area contributed by atoms with Gasteiger partial charge in [-0.05, 0) is 37.5 Å². The summed E-state index contributed by atoms with van der Waals surface area (Å²) in [4.78, 5) is 27.5. The van der Waals surface area contributed by atoms with Gasteiger partial charge in [0, 0.05) is 30.0 Å². The van der Waals surface area contributed by atoms with Crippen molar-refractivity contribution < 1.29 is 4.79 Å². The van der Waals surface area contributed by atoms with Crippen molar-refractivity contribution in [3.05, 3.63) is 58.9 Å². The molecule has 3 heterocycles. The summed E-state index contributed by atoms with van der Waals surface area (Å²) < 4.78 is 0. The van der Waals surface area contributed by atoms with Crippen LogP contribution in [0.2, 0.25) is 0 Å². The molecule has 0 unspecified atom stereocenters. The molecule has 132 valence electrons. The highest BCUT2D eigenvalue weighted by atomic mass is 32.1. The SMILES string of the molecule is Cc1ccc2c(c1)CCCN2C(=O)Cc1csc(Nc2ncccn2)n1. The van der Waals surface area contributed by atoms with Crippen molar-refractivity contribution in [1.82, 2.24) is 15.0 Å². The number of amides is 1. The van der Waals surface area contributed by atoms with Gasteiger partial charge in [-0.2, -0.15) is 0 Å². The number of thiazole rings is 1. The number of aromatic nitrogens is 3. The molecule has 26 heavy (non-hydrogen) atoms. The fourth-order valence-electron chi connectivity index (χ4n) is 3.14. The second-order valence-corrected chi connectivity index (χ2v) is 7.16. The minimum absolute atomic E-state index is 0.0858. The van der Waals surface area contributed by atoms with E-state index in [4.69, 9.17) is 0 Å². The van der Waals surface area contributed by atoms with Gasteiger partial charge in [0.1, 0.15) is 0 Å². The normalized spacial score (nSPS) is 13.3. The highest BCUT2D eigenvalue weighted by molar-refractivity contribution is 7.13. The van der Waals surface area contributed by atoms with Gasteiger partial charge in [0.25, 0.3) is 0 Å². The van der Waals surface area contributed by atoms with Crippen LogP contribution in [0.25, 0.3) is 0 Å². The van der Waals surface area contributed by atoms with Crippen molar-refractivity contribution in [2.75, 3.05) is 16.8 Å². The first-order valence-electron chi connectivity index (χ1n) is 8.57. The number of carbonyl (C=O) groups is 1. The number of rotatable bonds is 4. The second-order valence-electron chi connectivity index (χ2n) is 6.30. The highest BCUT2D eigenvalue weighted by Gasteiger charge is 2.23. The average Bonchev–Trinajstić information content (AvgIpc) is 3.08. The summed E-state index contributed by atoms with van der Waals surface area (Å²) in [6.45, 7) is 2.85. The lowest BCUT2D eigenvalue weighted by molar-refractivity contribution is -0.118. The van der Waals surface area contributed by atoms with E-state index in [0.29, 0.717) is 17.5 Å². The Kier molecular flexibility index (Phi) is 4.62. The van der Waals surface area contributed by atoms with E-state index in [2.05, 4.69) is 45.4 Å². The number of carbonyl (C=O) groups excluding carboxylic acids is 1. The lowest BCUT2D eigenvalue weighted by Gasteiger charge is -2.29. The lowest BCUT2D eigenvalue weighted by Crippen LogP contribution is -2.36. The molecule has 0 saturated carbocycles. The molecule has 0 spiro atoms. The van der Waals surface area contributed by atoms with E-state index >= 15 is 0 Å². The summed E-state index contributed by atoms with van der Waals surface area (Å²) in [5.74, 6) is 0.586. The van der Waals surface area contributed by atoms with E-state index in [1.165, 1.54) is 22.5 Å². The Balaban J connectivity index is 1.46. The highest BCUT2D eigenvalue weighted by Crippen LogP contribution is 2.29. The van der Waals surface area contributed by atoms with Crippen LogP contribution in [0.1, 0.15) is 23.2 Å². The maximum atomic E-state index is 12.8. The second kappa shape index (κ2) is 7.21. The summed E-state index contributed by atoms with van der Waals surface area (Å²) in [6, 6.07) is 8.06. The Morgan fingerprint density at radius 2 is 2.15 bits per heavy atom. The molecule has 0 saturated heterocycles. The van der Waals surface area contributed by atoms with Crippen molar-refractivity contribution in [1.29, 1.82) is 0 Å². The number of benzene rings is 1. The van der Waals surface area contributed by atoms with E-state index in [0.717, 1.165) is 30.8 Å². The molecule has 0 bridgehead atoms. The summed E-state index contributed by atoms with van der Waals surface area (Å²) in [5, 5.41) is 5.65. The first-order chi connectivity index (χ1) is 12.7. The third-order valence-electron chi connectivity index (χ3n) is 4.32. The van der Waals surface area contributed by atoms with Crippen LogP contribution < -0.4 is 10.2 Å². The predicted molar refractivity (Wildman–Crippen MR) is 103 cm³/mol. The van der Waals surface area contributed by atoms with Gasteiger partial charge in [-0.15, -0.1) is 11.3 Å². The van der Waals surface area contributed by atoms with E-state index in [-0.39, 0.29) is 5.91 Å². The molecule has 2 aromatic heterocycles. The molecule has 0 aliphatic carbocycles. The van der Waals surface area contributed by atoms with Crippen LogP contribution in [0, 0.1) is 6.92 Å². The summed E-state index contributed by atoms with van der Waals surface area (Å²) in [7, 11) is 0. The van der Waals surface area contributed by atoms with Crippen LogP contribution in [0.15, 0.2) is 42.0 Å². The molecule has 3 aromatic rings. The van der Waals surface area contributed by atoms with Gasteiger partial charge in [-0.3, -0.25) is 4.79 Å². The smallest absolute Gasteiger partial charge is 0.233 e. The predicted octanol–water partition coefficient (Wildman–Crippen LogP) is 3.51. The number of aryl methyl sites for hydroxylation is 2. The number of nitrogens with zero attached hydrogens (tertiary/aromatic N) is 4. The van der Waals surface area contributed by atoms with Gasteiger partial charge in [-0.1, -0.05) is 17.7 Å². The maximum Gasteiger partial charge on any atom is 0.233 e. The maximum absolute atomic E-state index is 12.8. The average molecular weight is 365 g/mol. The molecule has 1 amide bonds. The monoisotopic (exact) mass is 365 g/mol. The van der Waals surface area contributed by atoms with Crippen molar-refractivity contribution in [3.63, 3.8) is 0 Å². The van der Waals surface area contributed by atoms with Gasteiger partial charge < -0.3 is 10.2 Å². The summed E-state index contributed by atoms with van der Waals surface area (Å²) in [6.07, 6.45) is 5.66. The molecule has 0 atom stereocenters. The van der Waals surface area contributed by atoms with Crippen LogP contribution in [0.5, 0.6) is 0 Å². The van der Waals surface area contributed by atoms with E-state index in [1.54, 1.807) is 18.5 Å². The molecule has 0 radical (unpaired) electrons. The van der Waals surface area contributed by atoms with Gasteiger partial charge in [0.2, 0.25) is 11.9 Å². The molecule has 4 rings (SSSR count). The van der Waals surface area contributed by atoms with E-state index in [9.17, 15) is 4.79 Å². The Labute approximate surface area is 155 Å². The van der Waals surface area contributed by atoms with Crippen molar-refractivity contribution in [3.8, 4) is 0 Å². The van der Waals surface area contributed by atoms with E-state index < -0.39 is 0 Å². The minimum Gasteiger partial charge on any atom is -0.312 e. The summed E-state index contributed by atoms with van der Waals surface area (Å²) >= 11 is 1.45. The largest absolute Gasteiger partial charge is 0.312 e. The van der Waals surface area contributed by atoms with Gasteiger partial charge in [-0.25, -0.2) is 15.0 Å². The van der Waals surface area contributed by atoms with Crippen LogP contribution in [-0.4, -0.2) is 27.4 Å². The standard InChI is InChI=1S/C19H19N5OS/c1-13-5-6-16-14(10-13)4-2-9-24(16)17(25)11-15-12-26-19(22-15)23-18-20-7-3-8-21-18/h3,5-8,10,12H,2,4,9,11H2,1H3,(H,20,21,22,23). The van der Waals surface area contributed by atoms with Crippen LogP contribution in [0.4, 0.5) is 16.8 Å². The topological polar surface area (TPSA) is 71.0 Å². The van der Waals surface area contributed by atoms with E-state index in [1.807, 2.05) is 10.3 Å². The van der Waals surface area contributed by atoms with Crippen molar-refractivity contribution >= 4 is 34.0 Å². The number of fused-ring (bicyclic) bond motifs is 1. The zero-order chi connectivity index (χ0) is 17.9. The third kappa shape index (κ3) is 3.57. The fraction of sp³-hybridized carbons (Fsp3) is 0.263. The summed E-state index contributed by atoms with van der Waals surface area (Å²) in [5.41, 5.74) is 4.29. The van der Waals surface area contributed by atoms with Crippen LogP contribution >= 0.6 is 11.3 Å². The Hall–Kier alpha value is -2.80. The van der Waals surface area contributed by atoms with Crippen molar-refractivity contribution in [2.45, 2.75) is 26.2 Å². The Morgan fingerprint density at radius 1 is 1.31 bits per heavy atom. The Bertz CT molecular complexity index is 925. The number of nitrogens with one attached hydrogen (secondary N) is 1. The molecule has 0 fully saturated rings. The molecule has 1 aromatic carbocycles. The van der Waals surface area contributed by atoms with Crippen LogP contribution in [-0.2, 0) is 17.6 Å². The van der Waals surface area contributed by atoms with Crippen molar-refractivity contribution in [2.24, 2.45) is 0 Å². The van der Waals surface area contributed by atoms with Gasteiger partial charge >= 0.3 is 0 Å². The Morgan fingerprint density at radius 3 is 3.00 bits per heavy atom. The fourth-order valence-corrected chi connectivity index (χ4v) is 3.84. The number of hydrogen-bond donors (Lipinski definition) is 1. The number of anilines is 3. The quantitative estimate of drug-likeness (QED) is 0.766. The van der Waals surface area contributed by atoms with Crippen LogP contribution in [0.3, 0.4) is 0 Å². The first kappa shape index (κ1) is 16.7. The molecule has 1 aliphatic rings. The zero-order valence-corrected chi connectivity index (χ0v) is 15.3. The molecule has 6 nitrogen and oxygen atoms in total. The molecule has 1 aliphatic heterocycles.